The number of hydrogen-bond acceptors (Lipinski definition) is 2. The third-order valence-corrected chi connectivity index (χ3v) is 4.34. The average molecular weight is 224 g/mol. The Hall–Kier alpha value is -0.0800. The van der Waals surface area contributed by atoms with Gasteiger partial charge in [0.2, 0.25) is 0 Å². The molecule has 0 amide bonds. The smallest absolute Gasteiger partial charge is 0.0104 e. The fraction of sp³-hybridized carbons (Fsp3) is 1.00. The summed E-state index contributed by atoms with van der Waals surface area (Å²) in [6.07, 6.45) is 10.1. The van der Waals surface area contributed by atoms with Crippen LogP contribution >= 0.6 is 0 Å². The van der Waals surface area contributed by atoms with E-state index < -0.39 is 0 Å². The zero-order chi connectivity index (χ0) is 11.4. The molecule has 0 saturated heterocycles. The van der Waals surface area contributed by atoms with Crippen molar-refractivity contribution in [3.8, 4) is 0 Å². The SMILES string of the molecule is CNC1CCCCCC1CN(C)CC1CC1. The van der Waals surface area contributed by atoms with Gasteiger partial charge in [0, 0.05) is 19.1 Å². The molecule has 0 radical (unpaired) electrons. The molecule has 2 fully saturated rings. The fourth-order valence-electron chi connectivity index (χ4n) is 3.20. The van der Waals surface area contributed by atoms with E-state index in [4.69, 9.17) is 0 Å². The van der Waals surface area contributed by atoms with Crippen LogP contribution in [-0.4, -0.2) is 38.1 Å². The molecule has 2 rings (SSSR count). The first-order chi connectivity index (χ1) is 7.79. The average Bonchev–Trinajstić information content (AvgIpc) is 3.06. The van der Waals surface area contributed by atoms with Gasteiger partial charge in [0.15, 0.2) is 0 Å². The Labute approximate surface area is 101 Å². The maximum Gasteiger partial charge on any atom is 0.0104 e. The summed E-state index contributed by atoms with van der Waals surface area (Å²) in [6.45, 7) is 2.65. The van der Waals surface area contributed by atoms with E-state index in [-0.39, 0.29) is 0 Å². The molecule has 2 saturated carbocycles. The van der Waals surface area contributed by atoms with Gasteiger partial charge in [-0.25, -0.2) is 0 Å². The van der Waals surface area contributed by atoms with Crippen LogP contribution in [0.25, 0.3) is 0 Å². The van der Waals surface area contributed by atoms with Gasteiger partial charge in [0.1, 0.15) is 0 Å². The Bertz CT molecular complexity index is 201. The maximum absolute atomic E-state index is 3.54. The molecule has 2 aliphatic carbocycles. The van der Waals surface area contributed by atoms with Gasteiger partial charge in [-0.2, -0.15) is 0 Å². The first kappa shape index (κ1) is 12.4. The second kappa shape index (κ2) is 6.02. The molecule has 0 aromatic heterocycles. The predicted molar refractivity (Wildman–Crippen MR) is 69.6 cm³/mol. The lowest BCUT2D eigenvalue weighted by atomic mass is 9.94. The van der Waals surface area contributed by atoms with Crippen molar-refractivity contribution in [2.75, 3.05) is 27.2 Å². The number of hydrogen-bond donors (Lipinski definition) is 1. The second-order valence-electron chi connectivity index (χ2n) is 5.96. The molecule has 0 heterocycles. The molecule has 1 N–H and O–H groups in total. The highest BCUT2D eigenvalue weighted by atomic mass is 15.1. The molecule has 0 aliphatic heterocycles. The van der Waals surface area contributed by atoms with Crippen LogP contribution in [0.3, 0.4) is 0 Å². The lowest BCUT2D eigenvalue weighted by Gasteiger charge is -2.29. The van der Waals surface area contributed by atoms with Gasteiger partial charge >= 0.3 is 0 Å². The summed E-state index contributed by atoms with van der Waals surface area (Å²) in [5.41, 5.74) is 0. The van der Waals surface area contributed by atoms with E-state index in [0.29, 0.717) is 0 Å². The molecule has 0 bridgehead atoms. The summed E-state index contributed by atoms with van der Waals surface area (Å²) in [5.74, 6) is 1.92. The van der Waals surface area contributed by atoms with Gasteiger partial charge in [-0.3, -0.25) is 0 Å². The predicted octanol–water partition coefficient (Wildman–Crippen LogP) is 2.50. The minimum absolute atomic E-state index is 0.768. The van der Waals surface area contributed by atoms with E-state index in [1.165, 1.54) is 58.0 Å². The molecule has 2 heteroatoms. The second-order valence-corrected chi connectivity index (χ2v) is 5.96. The maximum atomic E-state index is 3.54. The van der Waals surface area contributed by atoms with Gasteiger partial charge in [-0.05, 0) is 51.6 Å². The van der Waals surface area contributed by atoms with Gasteiger partial charge in [0.25, 0.3) is 0 Å². The Kier molecular flexibility index (Phi) is 4.66. The summed E-state index contributed by atoms with van der Waals surface area (Å²) < 4.78 is 0. The number of rotatable bonds is 5. The minimum Gasteiger partial charge on any atom is -0.317 e. The van der Waals surface area contributed by atoms with E-state index in [1.807, 2.05) is 0 Å². The van der Waals surface area contributed by atoms with Crippen molar-refractivity contribution in [3.63, 3.8) is 0 Å². The van der Waals surface area contributed by atoms with Crippen molar-refractivity contribution in [3.05, 3.63) is 0 Å². The fourth-order valence-corrected chi connectivity index (χ4v) is 3.20. The van der Waals surface area contributed by atoms with E-state index in [2.05, 4.69) is 24.3 Å². The largest absolute Gasteiger partial charge is 0.317 e. The van der Waals surface area contributed by atoms with Crippen molar-refractivity contribution >= 4 is 0 Å². The van der Waals surface area contributed by atoms with Crippen molar-refractivity contribution in [2.45, 2.75) is 51.0 Å². The molecule has 2 atom stereocenters. The molecule has 0 spiro atoms. The Morgan fingerprint density at radius 2 is 1.75 bits per heavy atom. The Morgan fingerprint density at radius 3 is 2.44 bits per heavy atom. The van der Waals surface area contributed by atoms with Crippen LogP contribution in [0, 0.1) is 11.8 Å². The quantitative estimate of drug-likeness (QED) is 0.722. The van der Waals surface area contributed by atoms with Crippen LogP contribution in [0.1, 0.15) is 44.9 Å². The summed E-state index contributed by atoms with van der Waals surface area (Å²) in [4.78, 5) is 2.58. The monoisotopic (exact) mass is 224 g/mol. The summed E-state index contributed by atoms with van der Waals surface area (Å²) in [5, 5.41) is 3.54. The first-order valence-corrected chi connectivity index (χ1v) is 7.15. The van der Waals surface area contributed by atoms with Gasteiger partial charge in [-0.15, -0.1) is 0 Å². The van der Waals surface area contributed by atoms with E-state index in [9.17, 15) is 0 Å². The Morgan fingerprint density at radius 1 is 1.00 bits per heavy atom. The van der Waals surface area contributed by atoms with Gasteiger partial charge in [0.05, 0.1) is 0 Å². The number of nitrogens with zero attached hydrogens (tertiary/aromatic N) is 1. The van der Waals surface area contributed by atoms with Crippen LogP contribution in [0.5, 0.6) is 0 Å². The Balaban J connectivity index is 1.78. The summed E-state index contributed by atoms with van der Waals surface area (Å²) >= 11 is 0. The molecular weight excluding hydrogens is 196 g/mol. The van der Waals surface area contributed by atoms with Crippen LogP contribution in [0.2, 0.25) is 0 Å². The van der Waals surface area contributed by atoms with Crippen molar-refractivity contribution in [2.24, 2.45) is 11.8 Å². The molecule has 94 valence electrons. The zero-order valence-corrected chi connectivity index (χ0v) is 11.0. The van der Waals surface area contributed by atoms with Crippen molar-refractivity contribution in [1.82, 2.24) is 10.2 Å². The minimum atomic E-state index is 0.768. The standard InChI is InChI=1S/C14H28N2/c1-15-14-7-5-3-4-6-13(14)11-16(2)10-12-8-9-12/h12-15H,3-11H2,1-2H3. The van der Waals surface area contributed by atoms with E-state index in [1.54, 1.807) is 0 Å². The summed E-state index contributed by atoms with van der Waals surface area (Å²) in [7, 11) is 4.46. The molecule has 0 aromatic rings. The third-order valence-electron chi connectivity index (χ3n) is 4.34. The third kappa shape index (κ3) is 3.74. The van der Waals surface area contributed by atoms with Crippen LogP contribution in [0.15, 0.2) is 0 Å². The highest BCUT2D eigenvalue weighted by molar-refractivity contribution is 4.82. The van der Waals surface area contributed by atoms with E-state index >= 15 is 0 Å². The molecule has 0 aromatic carbocycles. The first-order valence-electron chi connectivity index (χ1n) is 7.15. The number of nitrogens with one attached hydrogen (secondary N) is 1. The van der Waals surface area contributed by atoms with Crippen LogP contribution in [0.4, 0.5) is 0 Å². The van der Waals surface area contributed by atoms with Gasteiger partial charge in [-0.1, -0.05) is 19.3 Å². The van der Waals surface area contributed by atoms with Crippen molar-refractivity contribution < 1.29 is 0 Å². The summed E-state index contributed by atoms with van der Waals surface area (Å²) in [6, 6.07) is 0.768. The molecular formula is C14H28N2. The van der Waals surface area contributed by atoms with Crippen LogP contribution in [-0.2, 0) is 0 Å². The zero-order valence-electron chi connectivity index (χ0n) is 11.0. The highest BCUT2D eigenvalue weighted by Gasteiger charge is 2.27. The lowest BCUT2D eigenvalue weighted by molar-refractivity contribution is 0.223. The van der Waals surface area contributed by atoms with Crippen LogP contribution < -0.4 is 5.32 Å². The topological polar surface area (TPSA) is 15.3 Å². The van der Waals surface area contributed by atoms with Gasteiger partial charge < -0.3 is 10.2 Å². The molecule has 16 heavy (non-hydrogen) atoms. The highest BCUT2D eigenvalue weighted by Crippen LogP contribution is 2.30. The molecule has 2 nitrogen and oxygen atoms in total. The lowest BCUT2D eigenvalue weighted by Crippen LogP contribution is -2.39. The van der Waals surface area contributed by atoms with Crippen molar-refractivity contribution in [1.29, 1.82) is 0 Å². The molecule has 2 aliphatic rings. The van der Waals surface area contributed by atoms with E-state index in [0.717, 1.165) is 17.9 Å². The molecule has 2 unspecified atom stereocenters. The normalized spacial score (nSPS) is 31.7.